The minimum atomic E-state index is -1.45. The maximum absolute atomic E-state index is 14.5. The number of rotatable bonds is 18. The lowest BCUT2D eigenvalue weighted by Crippen LogP contribution is -2.70. The van der Waals surface area contributed by atoms with Crippen LogP contribution in [0.3, 0.4) is 0 Å². The van der Waals surface area contributed by atoms with E-state index in [9.17, 15) is 20.1 Å². The third kappa shape index (κ3) is 8.13. The zero-order valence-electron chi connectivity index (χ0n) is 31.1. The van der Waals surface area contributed by atoms with Gasteiger partial charge in [-0.25, -0.2) is 4.79 Å². The third-order valence-electron chi connectivity index (χ3n) is 11.1. The van der Waals surface area contributed by atoms with Crippen LogP contribution in [0, 0.1) is 17.8 Å². The molecule has 1 heterocycles. The van der Waals surface area contributed by atoms with E-state index in [1.165, 1.54) is 0 Å². The number of benzene rings is 3. The molecule has 2 aliphatic carbocycles. The quantitative estimate of drug-likeness (QED) is 0.0514. The summed E-state index contributed by atoms with van der Waals surface area (Å²) in [6, 6.07) is 18.5. The second-order valence-electron chi connectivity index (χ2n) is 14.3. The Kier molecular flexibility index (Phi) is 13.6. The smallest absolute Gasteiger partial charge is 0.410 e. The molecular weight excluding hydrogens is 708 g/mol. The van der Waals surface area contributed by atoms with Gasteiger partial charge in [-0.05, 0) is 84.6 Å². The summed E-state index contributed by atoms with van der Waals surface area (Å²) in [7, 11) is 0. The number of nitrogens with zero attached hydrogens (tertiary/aromatic N) is 2. The molecule has 3 N–H and O–H groups in total. The lowest BCUT2D eigenvalue weighted by Gasteiger charge is -2.59. The van der Waals surface area contributed by atoms with Crippen LogP contribution in [-0.2, 0) is 20.9 Å². The van der Waals surface area contributed by atoms with Gasteiger partial charge in [-0.1, -0.05) is 72.6 Å². The van der Waals surface area contributed by atoms with Crippen LogP contribution in [-0.4, -0.2) is 82.8 Å². The lowest BCUT2D eigenvalue weighted by molar-refractivity contribution is -0.256. The van der Waals surface area contributed by atoms with Crippen molar-refractivity contribution < 1.29 is 39.2 Å². The van der Waals surface area contributed by atoms with Crippen molar-refractivity contribution in [2.75, 3.05) is 38.9 Å². The second kappa shape index (κ2) is 18.5. The van der Waals surface area contributed by atoms with E-state index in [4.69, 9.17) is 35.8 Å². The topological polar surface area (TPSA) is 130 Å². The summed E-state index contributed by atoms with van der Waals surface area (Å²) in [5, 5.41) is 37.3. The summed E-state index contributed by atoms with van der Waals surface area (Å²) in [5.74, 6) is -1.23. The molecule has 290 valence electrons. The highest BCUT2D eigenvalue weighted by Gasteiger charge is 2.65. The number of ether oxygens (including phenoxy) is 3. The molecule has 54 heavy (non-hydrogen) atoms. The zero-order chi connectivity index (χ0) is 38.1. The molecule has 6 atom stereocenters. The number of aliphatic hydroxyl groups is 2. The van der Waals surface area contributed by atoms with Gasteiger partial charge in [-0.2, -0.15) is 0 Å². The van der Waals surface area contributed by atoms with E-state index >= 15 is 0 Å². The number of carbonyl (C=O) groups is 1. The van der Waals surface area contributed by atoms with Crippen molar-refractivity contribution in [1.82, 2.24) is 4.90 Å². The van der Waals surface area contributed by atoms with Crippen LogP contribution in [0.1, 0.15) is 68.9 Å². The Hall–Kier alpha value is -4.09. The Morgan fingerprint density at radius 3 is 2.61 bits per heavy atom. The van der Waals surface area contributed by atoms with E-state index in [2.05, 4.69) is 12.7 Å². The fourth-order valence-corrected chi connectivity index (χ4v) is 9.00. The highest BCUT2D eigenvalue weighted by molar-refractivity contribution is 6.18. The predicted molar refractivity (Wildman–Crippen MR) is 210 cm³/mol. The van der Waals surface area contributed by atoms with Crippen LogP contribution in [0.2, 0.25) is 0 Å². The number of hydrogen-bond donors (Lipinski definition) is 3. The number of alkyl halides is 1. The van der Waals surface area contributed by atoms with Gasteiger partial charge < -0.3 is 34.4 Å². The predicted octanol–water partition coefficient (Wildman–Crippen LogP) is 8.08. The summed E-state index contributed by atoms with van der Waals surface area (Å²) in [4.78, 5) is 22.0. The Bertz CT molecular complexity index is 1810. The molecule has 1 fully saturated rings. The first-order valence-corrected chi connectivity index (χ1v) is 19.8. The number of amides is 1. The molecule has 0 bridgehead atoms. The first-order chi connectivity index (χ1) is 26.4. The van der Waals surface area contributed by atoms with Crippen molar-refractivity contribution in [2.24, 2.45) is 22.9 Å². The lowest BCUT2D eigenvalue weighted by atomic mass is 9.55. The van der Waals surface area contributed by atoms with Crippen molar-refractivity contribution in [3.05, 3.63) is 96.1 Å². The minimum Gasteiger partial charge on any atom is -0.508 e. The Morgan fingerprint density at radius 1 is 1.07 bits per heavy atom. The number of unbranched alkanes of at least 4 members (excludes halogenated alkanes) is 2. The summed E-state index contributed by atoms with van der Waals surface area (Å²) < 4.78 is 20.0. The molecule has 3 aliphatic rings. The molecule has 1 amide bonds. The van der Waals surface area contributed by atoms with Gasteiger partial charge >= 0.3 is 6.09 Å². The van der Waals surface area contributed by atoms with E-state index in [-0.39, 0.29) is 68.8 Å². The van der Waals surface area contributed by atoms with Gasteiger partial charge in [-0.15, -0.1) is 18.2 Å². The fraction of sp³-hybridized carbons (Fsp3) is 0.488. The highest BCUT2D eigenvalue weighted by atomic mass is 35.5. The van der Waals surface area contributed by atoms with Gasteiger partial charge in [-0.3, -0.25) is 4.90 Å². The largest absolute Gasteiger partial charge is 0.508 e. The van der Waals surface area contributed by atoms with E-state index < -0.39 is 23.8 Å². The molecule has 3 aromatic carbocycles. The Labute approximate surface area is 323 Å². The summed E-state index contributed by atoms with van der Waals surface area (Å²) >= 11 is 6.07. The molecule has 3 aromatic rings. The molecule has 0 aromatic heterocycles. The number of phenols is 1. The Balaban J connectivity index is 1.60. The minimum absolute atomic E-state index is 0.0161. The standard InChI is InChI=1S/C43H53ClN2O8/c1-3-23-52-43-39(46(42(50)51-24-20-44)28-31-15-11-14-29-12-5-6-16-33(29)31)27-37(45-53-4-2)35-25-30(13-7-9-21-47)34(17-8-10-22-48)40(41(35)43)36-26-32(49)18-19-38(36)54-43/h3,5-6,11-12,14-16,18-19,25-26,30,34,39-41,47-49H,1,4,7-10,13,17,20-24,27-28H2,2H3/t30-,34+,39-,40+,41+,43+/m0/s1. The third-order valence-corrected chi connectivity index (χ3v) is 11.2. The van der Waals surface area contributed by atoms with Crippen LogP contribution >= 0.6 is 11.6 Å². The average Bonchev–Trinajstić information content (AvgIpc) is 3.19. The van der Waals surface area contributed by atoms with E-state index in [0.29, 0.717) is 30.9 Å². The summed E-state index contributed by atoms with van der Waals surface area (Å²) in [5.41, 5.74) is 3.39. The van der Waals surface area contributed by atoms with Gasteiger partial charge in [0.1, 0.15) is 30.8 Å². The van der Waals surface area contributed by atoms with Gasteiger partial charge in [0.2, 0.25) is 5.79 Å². The molecule has 0 saturated heterocycles. The SMILES string of the molecule is C=CCO[C@@]12Oc3ccc(O)cc3[C@H]3[C@H](CCCCO)[C@@H](CCCCO)C=C(C(=NOCC)C[C@@H]1N(Cc1cccc4ccccc14)C(=O)OCCCl)[C@H]32. The summed E-state index contributed by atoms with van der Waals surface area (Å²) in [6.07, 6.45) is 8.22. The number of allylic oxidation sites excluding steroid dienone is 1. The molecule has 1 saturated carbocycles. The Morgan fingerprint density at radius 2 is 1.85 bits per heavy atom. The normalized spacial score (nSPS) is 24.9. The van der Waals surface area contributed by atoms with Crippen molar-refractivity contribution in [3.63, 3.8) is 0 Å². The summed E-state index contributed by atoms with van der Waals surface area (Å²) in [6.45, 7) is 6.75. The number of hydrogen-bond acceptors (Lipinski definition) is 9. The zero-order valence-corrected chi connectivity index (χ0v) is 31.8. The molecular formula is C43H53ClN2O8. The van der Waals surface area contributed by atoms with Gasteiger partial charge in [0, 0.05) is 31.1 Å². The number of aromatic hydroxyl groups is 1. The number of oxime groups is 1. The van der Waals surface area contributed by atoms with Crippen LogP contribution < -0.4 is 4.74 Å². The van der Waals surface area contributed by atoms with Crippen molar-refractivity contribution in [1.29, 1.82) is 0 Å². The maximum atomic E-state index is 14.5. The molecule has 6 rings (SSSR count). The number of fused-ring (bicyclic) bond motifs is 3. The van der Waals surface area contributed by atoms with Crippen LogP contribution in [0.15, 0.2) is 90.1 Å². The number of carbonyl (C=O) groups excluding carboxylic acids is 1. The molecule has 0 radical (unpaired) electrons. The monoisotopic (exact) mass is 760 g/mol. The molecule has 1 aliphatic heterocycles. The van der Waals surface area contributed by atoms with Crippen molar-refractivity contribution in [2.45, 2.75) is 76.2 Å². The highest BCUT2D eigenvalue weighted by Crippen LogP contribution is 2.62. The van der Waals surface area contributed by atoms with E-state index in [0.717, 1.165) is 53.2 Å². The second-order valence-corrected chi connectivity index (χ2v) is 14.7. The first-order valence-electron chi connectivity index (χ1n) is 19.3. The average molecular weight is 761 g/mol. The van der Waals surface area contributed by atoms with Crippen LogP contribution in [0.4, 0.5) is 4.79 Å². The van der Waals surface area contributed by atoms with E-state index in [1.807, 2.05) is 49.4 Å². The number of halogens is 1. The first kappa shape index (κ1) is 39.6. The van der Waals surface area contributed by atoms with Crippen LogP contribution in [0.5, 0.6) is 11.5 Å². The maximum Gasteiger partial charge on any atom is 0.410 e. The molecule has 11 heteroatoms. The van der Waals surface area contributed by atoms with Crippen molar-refractivity contribution in [3.8, 4) is 11.5 Å². The molecule has 10 nitrogen and oxygen atoms in total. The number of phenolic OH excluding ortho intramolecular Hbond substituents is 1. The van der Waals surface area contributed by atoms with Gasteiger partial charge in [0.15, 0.2) is 0 Å². The number of aliphatic hydroxyl groups excluding tert-OH is 2. The molecule has 0 unspecified atom stereocenters. The van der Waals surface area contributed by atoms with Gasteiger partial charge in [0.25, 0.3) is 0 Å². The van der Waals surface area contributed by atoms with Crippen molar-refractivity contribution >= 4 is 34.2 Å². The molecule has 0 spiro atoms. The van der Waals surface area contributed by atoms with Crippen LogP contribution in [0.25, 0.3) is 10.8 Å². The van der Waals surface area contributed by atoms with Gasteiger partial charge in [0.05, 0.1) is 30.7 Å². The van der Waals surface area contributed by atoms with E-state index in [1.54, 1.807) is 29.2 Å². The fourth-order valence-electron chi connectivity index (χ4n) is 8.92.